The highest BCUT2D eigenvalue weighted by Gasteiger charge is 2.09. The maximum absolute atomic E-state index is 11.8. The Morgan fingerprint density at radius 3 is 2.30 bits per heavy atom. The fraction of sp³-hybridized carbons (Fsp3) is 0.263. The molecule has 2 rings (SSSR count). The minimum absolute atomic E-state index is 0.166. The lowest BCUT2D eigenvalue weighted by Gasteiger charge is -2.08. The van der Waals surface area contributed by atoms with Crippen molar-refractivity contribution in [2.75, 3.05) is 11.9 Å². The zero-order chi connectivity index (χ0) is 16.8. The maximum Gasteiger partial charge on any atom is 0.310 e. The van der Waals surface area contributed by atoms with Crippen LogP contribution in [-0.2, 0) is 20.7 Å². The van der Waals surface area contributed by atoms with Crippen LogP contribution in [0.2, 0.25) is 0 Å². The quantitative estimate of drug-likeness (QED) is 0.862. The molecular formula is C19H21NO3. The number of ether oxygens (including phenoxy) is 1. The van der Waals surface area contributed by atoms with Crippen molar-refractivity contribution in [3.8, 4) is 0 Å². The van der Waals surface area contributed by atoms with Crippen molar-refractivity contribution >= 4 is 17.6 Å². The van der Waals surface area contributed by atoms with E-state index < -0.39 is 5.97 Å². The molecule has 0 fully saturated rings. The Hall–Kier alpha value is -2.62. The third-order valence-corrected chi connectivity index (χ3v) is 3.62. The fourth-order valence-corrected chi connectivity index (χ4v) is 2.11. The summed E-state index contributed by atoms with van der Waals surface area (Å²) in [6.45, 7) is 5.71. The summed E-state index contributed by atoms with van der Waals surface area (Å²) in [5, 5.41) is 2.69. The Morgan fingerprint density at radius 1 is 0.957 bits per heavy atom. The number of amides is 1. The van der Waals surface area contributed by atoms with Crippen LogP contribution in [0.3, 0.4) is 0 Å². The van der Waals surface area contributed by atoms with Gasteiger partial charge in [-0.25, -0.2) is 0 Å². The molecule has 4 nitrogen and oxygen atoms in total. The van der Waals surface area contributed by atoms with Gasteiger partial charge in [-0.15, -0.1) is 0 Å². The monoisotopic (exact) mass is 311 g/mol. The normalized spacial score (nSPS) is 10.2. The van der Waals surface area contributed by atoms with Gasteiger partial charge >= 0.3 is 5.97 Å². The highest BCUT2D eigenvalue weighted by Crippen LogP contribution is 2.11. The van der Waals surface area contributed by atoms with E-state index in [1.54, 1.807) is 0 Å². The number of carbonyl (C=O) groups excluding carboxylic acids is 2. The van der Waals surface area contributed by atoms with Crippen LogP contribution >= 0.6 is 0 Å². The van der Waals surface area contributed by atoms with Gasteiger partial charge in [0.1, 0.15) is 0 Å². The van der Waals surface area contributed by atoms with Gasteiger partial charge in [0, 0.05) is 5.69 Å². The number of anilines is 1. The van der Waals surface area contributed by atoms with Crippen LogP contribution in [0, 0.1) is 20.8 Å². The van der Waals surface area contributed by atoms with Crippen molar-refractivity contribution < 1.29 is 14.3 Å². The summed E-state index contributed by atoms with van der Waals surface area (Å²) in [4.78, 5) is 23.6. The number of hydrogen-bond donors (Lipinski definition) is 1. The van der Waals surface area contributed by atoms with E-state index in [0.717, 1.165) is 16.7 Å². The van der Waals surface area contributed by atoms with Crippen LogP contribution in [-0.4, -0.2) is 18.5 Å². The second-order valence-electron chi connectivity index (χ2n) is 5.67. The van der Waals surface area contributed by atoms with Gasteiger partial charge in [0.05, 0.1) is 6.42 Å². The molecule has 0 bridgehead atoms. The molecule has 0 aromatic heterocycles. The molecule has 1 amide bonds. The molecule has 0 aliphatic rings. The second kappa shape index (κ2) is 7.58. The van der Waals surface area contributed by atoms with Crippen molar-refractivity contribution in [2.24, 2.45) is 0 Å². The molecule has 0 unspecified atom stereocenters. The van der Waals surface area contributed by atoms with E-state index in [2.05, 4.69) is 5.32 Å². The molecule has 0 saturated heterocycles. The van der Waals surface area contributed by atoms with E-state index in [1.165, 1.54) is 5.56 Å². The highest BCUT2D eigenvalue weighted by molar-refractivity contribution is 5.92. The van der Waals surface area contributed by atoms with Gasteiger partial charge < -0.3 is 10.1 Å². The third-order valence-electron chi connectivity index (χ3n) is 3.62. The summed E-state index contributed by atoms with van der Waals surface area (Å²) < 4.78 is 5.02. The summed E-state index contributed by atoms with van der Waals surface area (Å²) in [6, 6.07) is 13.3. The van der Waals surface area contributed by atoms with E-state index >= 15 is 0 Å². The first-order valence-electron chi connectivity index (χ1n) is 7.52. The first-order valence-corrected chi connectivity index (χ1v) is 7.52. The molecule has 1 N–H and O–H groups in total. The first kappa shape index (κ1) is 16.7. The molecule has 0 radical (unpaired) electrons. The minimum Gasteiger partial charge on any atom is -0.455 e. The number of hydrogen-bond acceptors (Lipinski definition) is 3. The van der Waals surface area contributed by atoms with Crippen molar-refractivity contribution in [1.82, 2.24) is 0 Å². The zero-order valence-electron chi connectivity index (χ0n) is 13.7. The van der Waals surface area contributed by atoms with E-state index in [0.29, 0.717) is 5.69 Å². The standard InChI is InChI=1S/C19H21NO3/c1-13-4-8-17(9-5-13)20-18(21)12-23-19(22)11-16-7-6-14(2)15(3)10-16/h4-10H,11-12H2,1-3H3,(H,20,21). The van der Waals surface area contributed by atoms with Gasteiger partial charge in [-0.2, -0.15) is 0 Å². The third kappa shape index (κ3) is 5.25. The SMILES string of the molecule is Cc1ccc(NC(=O)COC(=O)Cc2ccc(C)c(C)c2)cc1. The highest BCUT2D eigenvalue weighted by atomic mass is 16.5. The molecule has 0 atom stereocenters. The Morgan fingerprint density at radius 2 is 1.65 bits per heavy atom. The molecule has 0 heterocycles. The number of esters is 1. The lowest BCUT2D eigenvalue weighted by molar-refractivity contribution is -0.146. The van der Waals surface area contributed by atoms with Crippen LogP contribution in [0.25, 0.3) is 0 Å². The lowest BCUT2D eigenvalue weighted by Crippen LogP contribution is -2.21. The van der Waals surface area contributed by atoms with Crippen LogP contribution in [0.5, 0.6) is 0 Å². The smallest absolute Gasteiger partial charge is 0.310 e. The van der Waals surface area contributed by atoms with Crippen molar-refractivity contribution in [3.05, 3.63) is 64.7 Å². The second-order valence-corrected chi connectivity index (χ2v) is 5.67. The Kier molecular flexibility index (Phi) is 5.52. The molecule has 120 valence electrons. The summed E-state index contributed by atoms with van der Waals surface area (Å²) in [6.07, 6.45) is 0.166. The zero-order valence-corrected chi connectivity index (χ0v) is 13.7. The lowest BCUT2D eigenvalue weighted by atomic mass is 10.0. The predicted octanol–water partition coefficient (Wildman–Crippen LogP) is 3.34. The van der Waals surface area contributed by atoms with Crippen LogP contribution < -0.4 is 5.32 Å². The van der Waals surface area contributed by atoms with Crippen LogP contribution in [0.15, 0.2) is 42.5 Å². The van der Waals surface area contributed by atoms with E-state index in [-0.39, 0.29) is 18.9 Å². The van der Waals surface area contributed by atoms with Crippen molar-refractivity contribution in [1.29, 1.82) is 0 Å². The van der Waals surface area contributed by atoms with Gasteiger partial charge in [0.25, 0.3) is 5.91 Å². The van der Waals surface area contributed by atoms with Crippen molar-refractivity contribution in [3.63, 3.8) is 0 Å². The maximum atomic E-state index is 11.8. The Balaban J connectivity index is 1.80. The summed E-state index contributed by atoms with van der Waals surface area (Å²) >= 11 is 0. The summed E-state index contributed by atoms with van der Waals surface area (Å²) in [5.41, 5.74) is 5.00. The minimum atomic E-state index is -0.410. The first-order chi connectivity index (χ1) is 10.9. The molecule has 0 aliphatic carbocycles. The Bertz CT molecular complexity index is 705. The molecule has 0 spiro atoms. The molecule has 2 aromatic carbocycles. The fourth-order valence-electron chi connectivity index (χ4n) is 2.11. The molecule has 0 aliphatic heterocycles. The Labute approximate surface area is 136 Å². The van der Waals surface area contributed by atoms with Gasteiger partial charge in [0.2, 0.25) is 0 Å². The van der Waals surface area contributed by atoms with Crippen LogP contribution in [0.4, 0.5) is 5.69 Å². The molecule has 2 aromatic rings. The molecule has 4 heteroatoms. The number of rotatable bonds is 5. The summed E-state index contributed by atoms with van der Waals surface area (Å²) in [5.74, 6) is -0.755. The number of nitrogens with one attached hydrogen (secondary N) is 1. The van der Waals surface area contributed by atoms with E-state index in [9.17, 15) is 9.59 Å². The van der Waals surface area contributed by atoms with Crippen LogP contribution in [0.1, 0.15) is 22.3 Å². The molecular weight excluding hydrogens is 290 g/mol. The van der Waals surface area contributed by atoms with Crippen molar-refractivity contribution in [2.45, 2.75) is 27.2 Å². The number of aryl methyl sites for hydroxylation is 3. The van der Waals surface area contributed by atoms with E-state index in [4.69, 9.17) is 4.74 Å². The topological polar surface area (TPSA) is 55.4 Å². The molecule has 23 heavy (non-hydrogen) atoms. The van der Waals surface area contributed by atoms with Gasteiger partial charge in [0.15, 0.2) is 6.61 Å². The average molecular weight is 311 g/mol. The van der Waals surface area contributed by atoms with Gasteiger partial charge in [-0.3, -0.25) is 9.59 Å². The number of benzene rings is 2. The number of carbonyl (C=O) groups is 2. The van der Waals surface area contributed by atoms with Gasteiger partial charge in [-0.1, -0.05) is 35.9 Å². The molecule has 0 saturated carbocycles. The van der Waals surface area contributed by atoms with Gasteiger partial charge in [-0.05, 0) is 49.6 Å². The van der Waals surface area contributed by atoms with E-state index in [1.807, 2.05) is 63.2 Å². The largest absolute Gasteiger partial charge is 0.455 e. The summed E-state index contributed by atoms with van der Waals surface area (Å²) in [7, 11) is 0. The average Bonchev–Trinajstić information content (AvgIpc) is 2.51. The predicted molar refractivity (Wildman–Crippen MR) is 90.4 cm³/mol.